The summed E-state index contributed by atoms with van der Waals surface area (Å²) in [5, 5.41) is 0.688. The number of hydrogen-bond acceptors (Lipinski definition) is 6. The van der Waals surface area contributed by atoms with Crippen LogP contribution >= 0.6 is 11.8 Å². The van der Waals surface area contributed by atoms with Gasteiger partial charge in [0.25, 0.3) is 5.56 Å². The Bertz CT molecular complexity index is 710. The van der Waals surface area contributed by atoms with Gasteiger partial charge in [-0.05, 0) is 19.8 Å². The summed E-state index contributed by atoms with van der Waals surface area (Å²) < 4.78 is 6.42. The number of hydrogen-bond donors (Lipinski definition) is 0. The van der Waals surface area contributed by atoms with Gasteiger partial charge in [0.05, 0.1) is 19.1 Å². The number of piperidine rings is 1. The second kappa shape index (κ2) is 6.96. The highest BCUT2D eigenvalue weighted by Crippen LogP contribution is 2.32. The van der Waals surface area contributed by atoms with Crippen molar-refractivity contribution >= 4 is 23.6 Å². The fraction of sp³-hybridized carbons (Fsp3) is 0.625. The highest BCUT2D eigenvalue weighted by Gasteiger charge is 2.32. The minimum atomic E-state index is -0.198. The quantitative estimate of drug-likeness (QED) is 0.597. The van der Waals surface area contributed by atoms with Crippen LogP contribution < -0.4 is 5.56 Å². The first-order valence-electron chi connectivity index (χ1n) is 8.07. The van der Waals surface area contributed by atoms with Gasteiger partial charge in [0.15, 0.2) is 5.16 Å². The maximum absolute atomic E-state index is 12.6. The van der Waals surface area contributed by atoms with Crippen molar-refractivity contribution < 1.29 is 14.3 Å². The van der Waals surface area contributed by atoms with E-state index in [2.05, 4.69) is 4.98 Å². The molecule has 130 valence electrons. The number of fused-ring (bicyclic) bond motifs is 1. The van der Waals surface area contributed by atoms with Gasteiger partial charge in [0.2, 0.25) is 5.91 Å². The molecule has 3 rings (SSSR count). The third-order valence-electron chi connectivity index (χ3n) is 4.69. The molecule has 2 aliphatic heterocycles. The zero-order chi connectivity index (χ0) is 17.3. The van der Waals surface area contributed by atoms with Crippen LogP contribution in [0.5, 0.6) is 0 Å². The van der Waals surface area contributed by atoms with Crippen LogP contribution in [0.15, 0.2) is 16.1 Å². The molecule has 1 atom stereocenters. The van der Waals surface area contributed by atoms with E-state index in [4.69, 9.17) is 4.74 Å². The number of methoxy groups -OCH3 is 1. The van der Waals surface area contributed by atoms with Crippen molar-refractivity contribution in [3.8, 4) is 0 Å². The maximum Gasteiger partial charge on any atom is 0.308 e. The molecule has 1 aromatic rings. The fourth-order valence-electron chi connectivity index (χ4n) is 3.23. The Morgan fingerprint density at radius 3 is 2.75 bits per heavy atom. The lowest BCUT2D eigenvalue weighted by Crippen LogP contribution is -2.41. The van der Waals surface area contributed by atoms with Gasteiger partial charge in [-0.1, -0.05) is 11.8 Å². The van der Waals surface area contributed by atoms with E-state index in [-0.39, 0.29) is 29.4 Å². The summed E-state index contributed by atoms with van der Waals surface area (Å²) in [5.74, 6) is 0.411. The van der Waals surface area contributed by atoms with Crippen molar-refractivity contribution in [3.05, 3.63) is 22.1 Å². The Morgan fingerprint density at radius 2 is 2.08 bits per heavy atom. The van der Waals surface area contributed by atoms with E-state index in [9.17, 15) is 14.4 Å². The summed E-state index contributed by atoms with van der Waals surface area (Å²) in [6.07, 6.45) is 3.15. The van der Waals surface area contributed by atoms with Crippen molar-refractivity contribution in [2.45, 2.75) is 37.4 Å². The molecule has 0 aliphatic carbocycles. The Kier molecular flexibility index (Phi) is 4.93. The van der Waals surface area contributed by atoms with Crippen LogP contribution in [-0.4, -0.2) is 52.3 Å². The van der Waals surface area contributed by atoms with Gasteiger partial charge < -0.3 is 9.64 Å². The summed E-state index contributed by atoms with van der Waals surface area (Å²) in [7, 11) is 1.39. The van der Waals surface area contributed by atoms with Crippen LogP contribution in [-0.2, 0) is 14.3 Å². The van der Waals surface area contributed by atoms with E-state index in [0.717, 1.165) is 0 Å². The molecule has 24 heavy (non-hydrogen) atoms. The minimum absolute atomic E-state index is 0.0326. The van der Waals surface area contributed by atoms with Gasteiger partial charge in [-0.25, -0.2) is 4.98 Å². The van der Waals surface area contributed by atoms with E-state index in [1.807, 2.05) is 0 Å². The molecule has 0 N–H and O–H groups in total. The van der Waals surface area contributed by atoms with Gasteiger partial charge in [0, 0.05) is 37.0 Å². The Labute approximate surface area is 144 Å². The molecule has 1 fully saturated rings. The number of carbonyl (C=O) groups excluding carboxylic acids is 2. The van der Waals surface area contributed by atoms with E-state index < -0.39 is 0 Å². The second-order valence-corrected chi connectivity index (χ2v) is 7.23. The van der Waals surface area contributed by atoms with Crippen molar-refractivity contribution in [2.75, 3.05) is 26.0 Å². The van der Waals surface area contributed by atoms with Crippen LogP contribution in [0.3, 0.4) is 0 Å². The number of rotatable bonds is 3. The smallest absolute Gasteiger partial charge is 0.308 e. The zero-order valence-corrected chi connectivity index (χ0v) is 14.7. The predicted molar refractivity (Wildman–Crippen MR) is 88.9 cm³/mol. The number of carbonyl (C=O) groups is 2. The van der Waals surface area contributed by atoms with Gasteiger partial charge in [0.1, 0.15) is 0 Å². The van der Waals surface area contributed by atoms with E-state index in [1.54, 1.807) is 22.6 Å². The number of likely N-dealkylation sites (tertiary alicyclic amines) is 1. The number of esters is 1. The first-order chi connectivity index (χ1) is 11.5. The van der Waals surface area contributed by atoms with Crippen molar-refractivity contribution in [2.24, 2.45) is 5.92 Å². The van der Waals surface area contributed by atoms with E-state index in [1.165, 1.54) is 18.9 Å². The minimum Gasteiger partial charge on any atom is -0.469 e. The molecular weight excluding hydrogens is 330 g/mol. The monoisotopic (exact) mass is 351 g/mol. The van der Waals surface area contributed by atoms with Crippen LogP contribution in [0.1, 0.15) is 30.9 Å². The van der Waals surface area contributed by atoms with Crippen molar-refractivity contribution in [1.29, 1.82) is 0 Å². The van der Waals surface area contributed by atoms with Gasteiger partial charge in [-0.3, -0.25) is 19.0 Å². The third kappa shape index (κ3) is 3.19. The van der Waals surface area contributed by atoms with Gasteiger partial charge in [-0.2, -0.15) is 0 Å². The molecule has 0 saturated carbocycles. The van der Waals surface area contributed by atoms with Crippen LogP contribution in [0, 0.1) is 12.8 Å². The molecule has 1 saturated heterocycles. The Hall–Kier alpha value is -1.83. The third-order valence-corrected chi connectivity index (χ3v) is 5.81. The highest BCUT2D eigenvalue weighted by atomic mass is 32.2. The second-order valence-electron chi connectivity index (χ2n) is 6.25. The molecule has 0 bridgehead atoms. The topological polar surface area (TPSA) is 81.5 Å². The summed E-state index contributed by atoms with van der Waals surface area (Å²) in [5.41, 5.74) is 0.532. The molecule has 7 nitrogen and oxygen atoms in total. The summed E-state index contributed by atoms with van der Waals surface area (Å²) in [4.78, 5) is 42.5. The largest absolute Gasteiger partial charge is 0.469 e. The molecule has 0 spiro atoms. The average Bonchev–Trinajstić information content (AvgIpc) is 3.01. The van der Waals surface area contributed by atoms with Gasteiger partial charge in [-0.15, -0.1) is 0 Å². The number of amides is 1. The first-order valence-corrected chi connectivity index (χ1v) is 9.06. The summed E-state index contributed by atoms with van der Waals surface area (Å²) in [6.45, 7) is 2.86. The SMILES string of the molecule is COC(=O)C1CCN(C(=O)CC2CSc3ncc(C)c(=O)n32)CC1. The van der Waals surface area contributed by atoms with Crippen LogP contribution in [0.25, 0.3) is 0 Å². The fourth-order valence-corrected chi connectivity index (χ4v) is 4.34. The van der Waals surface area contributed by atoms with Gasteiger partial charge >= 0.3 is 5.97 Å². The average molecular weight is 351 g/mol. The van der Waals surface area contributed by atoms with E-state index >= 15 is 0 Å². The highest BCUT2D eigenvalue weighted by molar-refractivity contribution is 7.99. The molecule has 1 amide bonds. The number of thioether (sulfide) groups is 1. The first kappa shape index (κ1) is 17.0. The van der Waals surface area contributed by atoms with Crippen molar-refractivity contribution in [3.63, 3.8) is 0 Å². The molecule has 2 aliphatic rings. The van der Waals surface area contributed by atoms with Crippen LogP contribution in [0.2, 0.25) is 0 Å². The number of ether oxygens (including phenoxy) is 1. The maximum atomic E-state index is 12.6. The molecule has 1 aromatic heterocycles. The summed E-state index contributed by atoms with van der Waals surface area (Å²) >= 11 is 1.51. The summed E-state index contributed by atoms with van der Waals surface area (Å²) in [6, 6.07) is -0.143. The Balaban J connectivity index is 1.63. The van der Waals surface area contributed by atoms with Crippen LogP contribution in [0.4, 0.5) is 0 Å². The lowest BCUT2D eigenvalue weighted by molar-refractivity contribution is -0.149. The standard InChI is InChI=1S/C16H21N3O4S/c1-10-8-17-16-19(14(10)21)12(9-24-16)7-13(20)18-5-3-11(4-6-18)15(22)23-2/h8,11-12H,3-7,9H2,1-2H3. The lowest BCUT2D eigenvalue weighted by atomic mass is 9.96. The molecule has 8 heteroatoms. The predicted octanol–water partition coefficient (Wildman–Crippen LogP) is 1.00. The normalized spacial score (nSPS) is 20.8. The Morgan fingerprint density at radius 1 is 1.38 bits per heavy atom. The molecular formula is C16H21N3O4S. The number of aryl methyl sites for hydroxylation is 1. The zero-order valence-electron chi connectivity index (χ0n) is 13.9. The number of aromatic nitrogens is 2. The molecule has 0 radical (unpaired) electrons. The number of nitrogens with zero attached hydrogens (tertiary/aromatic N) is 3. The lowest BCUT2D eigenvalue weighted by Gasteiger charge is -2.31. The van der Waals surface area contributed by atoms with E-state index in [0.29, 0.717) is 48.8 Å². The molecule has 1 unspecified atom stereocenters. The molecule has 3 heterocycles. The van der Waals surface area contributed by atoms with Crippen molar-refractivity contribution in [1.82, 2.24) is 14.5 Å². The molecule has 0 aromatic carbocycles.